The van der Waals surface area contributed by atoms with Crippen LogP contribution in [0.15, 0.2) is 48.5 Å². The smallest absolute Gasteiger partial charge is 0.0491 e. The van der Waals surface area contributed by atoms with E-state index in [0.29, 0.717) is 5.92 Å². The van der Waals surface area contributed by atoms with Gasteiger partial charge in [-0.05, 0) is 37.6 Å². The van der Waals surface area contributed by atoms with Crippen molar-refractivity contribution < 1.29 is 0 Å². The van der Waals surface area contributed by atoms with Crippen molar-refractivity contribution in [3.63, 3.8) is 0 Å². The molecule has 0 fully saturated rings. The van der Waals surface area contributed by atoms with E-state index in [0.717, 1.165) is 19.6 Å². The predicted molar refractivity (Wildman–Crippen MR) is 91.8 cm³/mol. The standard InChI is InChI=1S/C19H24N2/c1-3-12-20-13-15(2)14-21-18-10-6-4-8-16(18)17-9-5-7-11-19(17)21/h4-11,15,20H,3,12-14H2,1-2H3. The summed E-state index contributed by atoms with van der Waals surface area (Å²) in [5.74, 6) is 0.621. The highest BCUT2D eigenvalue weighted by Gasteiger charge is 2.11. The van der Waals surface area contributed by atoms with E-state index in [1.807, 2.05) is 0 Å². The van der Waals surface area contributed by atoms with Crippen molar-refractivity contribution in [1.82, 2.24) is 9.88 Å². The van der Waals surface area contributed by atoms with Crippen LogP contribution in [0.3, 0.4) is 0 Å². The highest BCUT2D eigenvalue weighted by molar-refractivity contribution is 6.07. The summed E-state index contributed by atoms with van der Waals surface area (Å²) in [6, 6.07) is 17.5. The summed E-state index contributed by atoms with van der Waals surface area (Å²) in [5.41, 5.74) is 2.70. The molecule has 0 aliphatic rings. The Balaban J connectivity index is 1.96. The van der Waals surface area contributed by atoms with Gasteiger partial charge in [0.2, 0.25) is 0 Å². The fourth-order valence-electron chi connectivity index (χ4n) is 3.10. The van der Waals surface area contributed by atoms with Crippen LogP contribution in [0.25, 0.3) is 21.8 Å². The number of nitrogens with one attached hydrogen (secondary N) is 1. The molecule has 2 aromatic carbocycles. The minimum absolute atomic E-state index is 0.621. The van der Waals surface area contributed by atoms with Gasteiger partial charge in [0, 0.05) is 28.4 Å². The van der Waals surface area contributed by atoms with Gasteiger partial charge in [-0.3, -0.25) is 0 Å². The lowest BCUT2D eigenvalue weighted by molar-refractivity contribution is 0.458. The average Bonchev–Trinajstić information content (AvgIpc) is 2.83. The first-order valence-corrected chi connectivity index (χ1v) is 7.98. The van der Waals surface area contributed by atoms with Crippen LogP contribution in [0.2, 0.25) is 0 Å². The van der Waals surface area contributed by atoms with Gasteiger partial charge in [0.1, 0.15) is 0 Å². The van der Waals surface area contributed by atoms with Gasteiger partial charge in [0.05, 0.1) is 0 Å². The summed E-state index contributed by atoms with van der Waals surface area (Å²) in [5, 5.41) is 6.26. The molecule has 1 unspecified atom stereocenters. The zero-order valence-corrected chi connectivity index (χ0v) is 13.0. The van der Waals surface area contributed by atoms with E-state index in [9.17, 15) is 0 Å². The number of hydrogen-bond acceptors (Lipinski definition) is 1. The van der Waals surface area contributed by atoms with Crippen LogP contribution >= 0.6 is 0 Å². The highest BCUT2D eigenvalue weighted by atomic mass is 15.0. The molecule has 0 amide bonds. The molecule has 1 heterocycles. The maximum atomic E-state index is 3.53. The molecule has 0 radical (unpaired) electrons. The first-order valence-electron chi connectivity index (χ1n) is 7.98. The molecule has 3 rings (SSSR count). The number of hydrogen-bond donors (Lipinski definition) is 1. The van der Waals surface area contributed by atoms with E-state index in [1.54, 1.807) is 0 Å². The Morgan fingerprint density at radius 1 is 0.952 bits per heavy atom. The monoisotopic (exact) mass is 280 g/mol. The van der Waals surface area contributed by atoms with Gasteiger partial charge in [-0.2, -0.15) is 0 Å². The molecular formula is C19H24N2. The van der Waals surface area contributed by atoms with Crippen molar-refractivity contribution in [3.05, 3.63) is 48.5 Å². The topological polar surface area (TPSA) is 17.0 Å². The number of rotatable bonds is 6. The number of para-hydroxylation sites is 2. The summed E-state index contributed by atoms with van der Waals surface area (Å²) in [4.78, 5) is 0. The normalized spacial score (nSPS) is 13.0. The number of fused-ring (bicyclic) bond motifs is 3. The van der Waals surface area contributed by atoms with Crippen LogP contribution in [0, 0.1) is 5.92 Å². The molecule has 0 saturated carbocycles. The minimum Gasteiger partial charge on any atom is -0.340 e. The summed E-state index contributed by atoms with van der Waals surface area (Å²) in [7, 11) is 0. The Hall–Kier alpha value is -1.80. The third kappa shape index (κ3) is 2.81. The van der Waals surface area contributed by atoms with Crippen molar-refractivity contribution >= 4 is 21.8 Å². The van der Waals surface area contributed by atoms with Gasteiger partial charge >= 0.3 is 0 Å². The van der Waals surface area contributed by atoms with E-state index in [1.165, 1.54) is 28.2 Å². The van der Waals surface area contributed by atoms with Crippen LogP contribution in [0.4, 0.5) is 0 Å². The second-order valence-electron chi connectivity index (χ2n) is 5.95. The van der Waals surface area contributed by atoms with E-state index < -0.39 is 0 Å². The number of aromatic nitrogens is 1. The Morgan fingerprint density at radius 2 is 1.52 bits per heavy atom. The quantitative estimate of drug-likeness (QED) is 0.661. The Morgan fingerprint density at radius 3 is 2.10 bits per heavy atom. The maximum Gasteiger partial charge on any atom is 0.0491 e. The van der Waals surface area contributed by atoms with Gasteiger partial charge in [-0.25, -0.2) is 0 Å². The molecule has 0 aliphatic carbocycles. The van der Waals surface area contributed by atoms with Crippen LogP contribution in [-0.2, 0) is 6.54 Å². The first-order chi connectivity index (χ1) is 10.3. The molecule has 0 aliphatic heterocycles. The largest absolute Gasteiger partial charge is 0.340 e. The number of benzene rings is 2. The summed E-state index contributed by atoms with van der Waals surface area (Å²) < 4.78 is 2.48. The molecular weight excluding hydrogens is 256 g/mol. The van der Waals surface area contributed by atoms with Crippen molar-refractivity contribution in [2.45, 2.75) is 26.8 Å². The van der Waals surface area contributed by atoms with Gasteiger partial charge in [-0.15, -0.1) is 0 Å². The first kappa shape index (κ1) is 14.2. The lowest BCUT2D eigenvalue weighted by Gasteiger charge is -2.15. The molecule has 2 nitrogen and oxygen atoms in total. The molecule has 1 atom stereocenters. The lowest BCUT2D eigenvalue weighted by Crippen LogP contribution is -2.24. The van der Waals surface area contributed by atoms with Gasteiger partial charge in [-0.1, -0.05) is 50.2 Å². The highest BCUT2D eigenvalue weighted by Crippen LogP contribution is 2.29. The molecule has 2 heteroatoms. The molecule has 3 aromatic rings. The van der Waals surface area contributed by atoms with Crippen molar-refractivity contribution in [1.29, 1.82) is 0 Å². The molecule has 1 aromatic heterocycles. The zero-order valence-electron chi connectivity index (χ0n) is 13.0. The van der Waals surface area contributed by atoms with E-state index >= 15 is 0 Å². The second-order valence-corrected chi connectivity index (χ2v) is 5.95. The maximum absolute atomic E-state index is 3.53. The molecule has 0 bridgehead atoms. The summed E-state index contributed by atoms with van der Waals surface area (Å²) >= 11 is 0. The number of nitrogens with zero attached hydrogens (tertiary/aromatic N) is 1. The molecule has 1 N–H and O–H groups in total. The summed E-state index contributed by atoms with van der Waals surface area (Å²) in [6.07, 6.45) is 1.20. The zero-order chi connectivity index (χ0) is 14.7. The summed E-state index contributed by atoms with van der Waals surface area (Å²) in [6.45, 7) is 7.79. The third-order valence-electron chi connectivity index (χ3n) is 4.09. The molecule has 110 valence electrons. The van der Waals surface area contributed by atoms with Crippen molar-refractivity contribution in [2.24, 2.45) is 5.92 Å². The van der Waals surface area contributed by atoms with Gasteiger partial charge < -0.3 is 9.88 Å². The van der Waals surface area contributed by atoms with Crippen molar-refractivity contribution in [2.75, 3.05) is 13.1 Å². The van der Waals surface area contributed by atoms with Crippen LogP contribution < -0.4 is 5.32 Å². The second kappa shape index (κ2) is 6.31. The van der Waals surface area contributed by atoms with Crippen molar-refractivity contribution in [3.8, 4) is 0 Å². The Labute approximate surface area is 126 Å². The van der Waals surface area contributed by atoms with Crippen LogP contribution in [0.1, 0.15) is 20.3 Å². The SMILES string of the molecule is CCCNCC(C)Cn1c2ccccc2c2ccccc21. The van der Waals surface area contributed by atoms with E-state index in [2.05, 4.69) is 72.3 Å². The lowest BCUT2D eigenvalue weighted by atomic mass is 10.1. The average molecular weight is 280 g/mol. The molecule has 0 saturated heterocycles. The fourth-order valence-corrected chi connectivity index (χ4v) is 3.10. The van der Waals surface area contributed by atoms with E-state index in [4.69, 9.17) is 0 Å². The van der Waals surface area contributed by atoms with Gasteiger partial charge in [0.15, 0.2) is 0 Å². The molecule has 0 spiro atoms. The van der Waals surface area contributed by atoms with Crippen LogP contribution in [0.5, 0.6) is 0 Å². The minimum atomic E-state index is 0.621. The fraction of sp³-hybridized carbons (Fsp3) is 0.368. The van der Waals surface area contributed by atoms with E-state index in [-0.39, 0.29) is 0 Å². The predicted octanol–water partition coefficient (Wildman–Crippen LogP) is 4.43. The Kier molecular flexibility index (Phi) is 4.26. The Bertz CT molecular complexity index is 673. The molecule has 21 heavy (non-hydrogen) atoms. The van der Waals surface area contributed by atoms with Gasteiger partial charge in [0.25, 0.3) is 0 Å². The third-order valence-corrected chi connectivity index (χ3v) is 4.09. The van der Waals surface area contributed by atoms with Crippen LogP contribution in [-0.4, -0.2) is 17.7 Å².